The molecule has 166 valence electrons. The Morgan fingerprint density at radius 2 is 1.83 bits per heavy atom. The van der Waals surface area contributed by atoms with Crippen molar-refractivity contribution in [2.75, 3.05) is 44.3 Å². The van der Waals surface area contributed by atoms with E-state index in [2.05, 4.69) is 0 Å². The van der Waals surface area contributed by atoms with E-state index in [4.69, 9.17) is 9.47 Å². The van der Waals surface area contributed by atoms with Crippen molar-refractivity contribution in [3.8, 4) is 0 Å². The zero-order valence-corrected chi connectivity index (χ0v) is 18.1. The summed E-state index contributed by atoms with van der Waals surface area (Å²) in [5, 5.41) is 11.8. The Balaban J connectivity index is 1.60. The maximum absolute atomic E-state index is 13.1. The van der Waals surface area contributed by atoms with Crippen molar-refractivity contribution in [3.63, 3.8) is 0 Å². The average Bonchev–Trinajstić information content (AvgIpc) is 3.28. The normalized spacial score (nSPS) is 26.8. The van der Waals surface area contributed by atoms with Crippen LogP contribution < -0.4 is 4.90 Å². The molecular formula is C20H29N3O6S. The lowest BCUT2D eigenvalue weighted by molar-refractivity contribution is -0.384. The molecule has 0 spiro atoms. The molecule has 1 aromatic rings. The van der Waals surface area contributed by atoms with Gasteiger partial charge in [-0.15, -0.1) is 0 Å². The van der Waals surface area contributed by atoms with Crippen LogP contribution in [0.25, 0.3) is 0 Å². The molecule has 1 aromatic carbocycles. The van der Waals surface area contributed by atoms with E-state index in [0.717, 1.165) is 25.7 Å². The lowest BCUT2D eigenvalue weighted by atomic mass is 9.96. The molecule has 3 aliphatic heterocycles. The number of ether oxygens (including phenoxy) is 2. The fourth-order valence-corrected chi connectivity index (χ4v) is 6.31. The van der Waals surface area contributed by atoms with Crippen LogP contribution in [0.2, 0.25) is 0 Å². The SMILES string of the molecule is C[C@@H]1CCCN(S(=O)(=O)c2ccc(N3CCC[C@H](C4OCCO4)C3)c([N+](=O)[O-])c2)C1. The van der Waals surface area contributed by atoms with E-state index >= 15 is 0 Å². The first-order valence-corrected chi connectivity index (χ1v) is 12.1. The molecule has 0 N–H and O–H groups in total. The summed E-state index contributed by atoms with van der Waals surface area (Å²) in [6, 6.07) is 4.30. The summed E-state index contributed by atoms with van der Waals surface area (Å²) in [7, 11) is -3.75. The van der Waals surface area contributed by atoms with Gasteiger partial charge in [0.2, 0.25) is 10.0 Å². The van der Waals surface area contributed by atoms with Gasteiger partial charge in [-0.3, -0.25) is 10.1 Å². The first-order valence-electron chi connectivity index (χ1n) is 10.6. The molecule has 3 aliphatic rings. The number of nitro groups is 1. The summed E-state index contributed by atoms with van der Waals surface area (Å²) in [6.45, 7) is 5.34. The fraction of sp³-hybridized carbons (Fsp3) is 0.700. The topological polar surface area (TPSA) is 102 Å². The first-order chi connectivity index (χ1) is 14.4. The maximum Gasteiger partial charge on any atom is 0.293 e. The molecule has 10 heteroatoms. The summed E-state index contributed by atoms with van der Waals surface area (Å²) in [5.41, 5.74) is 0.281. The van der Waals surface area contributed by atoms with Crippen molar-refractivity contribution < 1.29 is 22.8 Å². The smallest absolute Gasteiger partial charge is 0.293 e. The Morgan fingerprint density at radius 1 is 1.10 bits per heavy atom. The largest absolute Gasteiger partial charge is 0.366 e. The minimum Gasteiger partial charge on any atom is -0.366 e. The van der Waals surface area contributed by atoms with Gasteiger partial charge < -0.3 is 14.4 Å². The second-order valence-corrected chi connectivity index (χ2v) is 10.4. The third-order valence-electron chi connectivity index (χ3n) is 6.23. The van der Waals surface area contributed by atoms with Crippen LogP contribution in [0.4, 0.5) is 11.4 Å². The summed E-state index contributed by atoms with van der Waals surface area (Å²) in [4.78, 5) is 13.3. The van der Waals surface area contributed by atoms with Crippen molar-refractivity contribution >= 4 is 21.4 Å². The molecule has 0 unspecified atom stereocenters. The summed E-state index contributed by atoms with van der Waals surface area (Å²) < 4.78 is 38.9. The van der Waals surface area contributed by atoms with E-state index in [0.29, 0.717) is 45.1 Å². The van der Waals surface area contributed by atoms with E-state index in [1.807, 2.05) is 11.8 Å². The highest BCUT2D eigenvalue weighted by Crippen LogP contribution is 2.36. The van der Waals surface area contributed by atoms with Crippen molar-refractivity contribution in [2.24, 2.45) is 11.8 Å². The molecule has 2 atom stereocenters. The molecule has 4 rings (SSSR count). The summed E-state index contributed by atoms with van der Waals surface area (Å²) in [5.74, 6) is 0.423. The molecule has 9 nitrogen and oxygen atoms in total. The first kappa shape index (κ1) is 21.5. The van der Waals surface area contributed by atoms with Gasteiger partial charge in [0.1, 0.15) is 5.69 Å². The highest BCUT2D eigenvalue weighted by molar-refractivity contribution is 7.89. The maximum atomic E-state index is 13.1. The summed E-state index contributed by atoms with van der Waals surface area (Å²) >= 11 is 0. The Labute approximate surface area is 177 Å². The van der Waals surface area contributed by atoms with E-state index in [-0.39, 0.29) is 28.7 Å². The number of rotatable bonds is 5. The lowest BCUT2D eigenvalue weighted by Gasteiger charge is -2.36. The Hall–Kier alpha value is -1.75. The molecule has 0 amide bonds. The number of benzene rings is 1. The Morgan fingerprint density at radius 3 is 2.53 bits per heavy atom. The van der Waals surface area contributed by atoms with Crippen molar-refractivity contribution in [2.45, 2.75) is 43.8 Å². The van der Waals surface area contributed by atoms with E-state index in [1.165, 1.54) is 16.4 Å². The van der Waals surface area contributed by atoms with Crippen LogP contribution in [-0.4, -0.2) is 63.3 Å². The van der Waals surface area contributed by atoms with Crippen LogP contribution >= 0.6 is 0 Å². The Bertz CT molecular complexity index is 887. The van der Waals surface area contributed by atoms with Gasteiger partial charge in [0.05, 0.1) is 23.0 Å². The van der Waals surface area contributed by atoms with Crippen LogP contribution in [0.15, 0.2) is 23.1 Å². The van der Waals surface area contributed by atoms with E-state index in [9.17, 15) is 18.5 Å². The van der Waals surface area contributed by atoms with Gasteiger partial charge in [-0.05, 0) is 43.7 Å². The van der Waals surface area contributed by atoms with Gasteiger partial charge in [0.25, 0.3) is 5.69 Å². The van der Waals surface area contributed by atoms with Crippen molar-refractivity contribution in [1.82, 2.24) is 4.31 Å². The van der Waals surface area contributed by atoms with Gasteiger partial charge >= 0.3 is 0 Å². The van der Waals surface area contributed by atoms with Gasteiger partial charge in [0.15, 0.2) is 6.29 Å². The van der Waals surface area contributed by atoms with Crippen LogP contribution in [-0.2, 0) is 19.5 Å². The monoisotopic (exact) mass is 439 g/mol. The van der Waals surface area contributed by atoms with E-state index < -0.39 is 14.9 Å². The molecule has 3 fully saturated rings. The molecule has 3 heterocycles. The Kier molecular flexibility index (Phi) is 6.29. The van der Waals surface area contributed by atoms with Gasteiger partial charge in [-0.1, -0.05) is 6.92 Å². The zero-order chi connectivity index (χ0) is 21.3. The van der Waals surface area contributed by atoms with Crippen LogP contribution in [0.3, 0.4) is 0 Å². The number of sulfonamides is 1. The molecule has 0 saturated carbocycles. The standard InChI is InChI=1S/C20H29N3O6S/c1-15-4-2-9-22(13-15)30(26,27)17-6-7-18(19(12-17)23(24)25)21-8-3-5-16(14-21)20-28-10-11-29-20/h6-7,12,15-16,20H,2-5,8-11,13-14H2,1H3/t15-,16+/m1/s1. The van der Waals surface area contributed by atoms with Gasteiger partial charge in [-0.2, -0.15) is 4.31 Å². The third-order valence-corrected chi connectivity index (χ3v) is 8.09. The highest BCUT2D eigenvalue weighted by Gasteiger charge is 2.35. The number of hydrogen-bond acceptors (Lipinski definition) is 7. The molecule has 0 bridgehead atoms. The molecule has 30 heavy (non-hydrogen) atoms. The summed E-state index contributed by atoms with van der Waals surface area (Å²) in [6.07, 6.45) is 3.34. The van der Waals surface area contributed by atoms with Crippen LogP contribution in [0.5, 0.6) is 0 Å². The number of piperidine rings is 2. The van der Waals surface area contributed by atoms with Crippen LogP contribution in [0.1, 0.15) is 32.6 Å². The van der Waals surface area contributed by atoms with Crippen LogP contribution in [0, 0.1) is 22.0 Å². The quantitative estimate of drug-likeness (QED) is 0.513. The third kappa shape index (κ3) is 4.32. The molecule has 3 saturated heterocycles. The second-order valence-electron chi connectivity index (χ2n) is 8.48. The number of hydrogen-bond donors (Lipinski definition) is 0. The minimum atomic E-state index is -3.75. The fourth-order valence-electron chi connectivity index (χ4n) is 4.69. The van der Waals surface area contributed by atoms with E-state index in [1.54, 1.807) is 6.07 Å². The molecule has 0 aromatic heterocycles. The molecular weight excluding hydrogens is 410 g/mol. The van der Waals surface area contributed by atoms with Gasteiger partial charge in [0, 0.05) is 38.2 Å². The lowest BCUT2D eigenvalue weighted by Crippen LogP contribution is -2.41. The highest BCUT2D eigenvalue weighted by atomic mass is 32.2. The van der Waals surface area contributed by atoms with Crippen molar-refractivity contribution in [1.29, 1.82) is 0 Å². The van der Waals surface area contributed by atoms with Crippen molar-refractivity contribution in [3.05, 3.63) is 28.3 Å². The number of nitro benzene ring substituents is 1. The second kappa shape index (κ2) is 8.78. The number of anilines is 1. The number of nitrogens with zero attached hydrogens (tertiary/aromatic N) is 3. The molecule has 0 aliphatic carbocycles. The predicted molar refractivity (Wildman–Crippen MR) is 111 cm³/mol. The molecule has 0 radical (unpaired) electrons. The zero-order valence-electron chi connectivity index (χ0n) is 17.2. The van der Waals surface area contributed by atoms with Gasteiger partial charge in [-0.25, -0.2) is 8.42 Å². The average molecular weight is 440 g/mol. The minimum absolute atomic E-state index is 0.0110. The predicted octanol–water partition coefficient (Wildman–Crippen LogP) is 2.60.